The number of carbonyl (C=O) groups is 1. The summed E-state index contributed by atoms with van der Waals surface area (Å²) in [6, 6.07) is 1.82. The van der Waals surface area contributed by atoms with Crippen LogP contribution in [0.4, 0.5) is 0 Å². The predicted octanol–water partition coefficient (Wildman–Crippen LogP) is 0.696. The van der Waals surface area contributed by atoms with E-state index >= 15 is 0 Å². The summed E-state index contributed by atoms with van der Waals surface area (Å²) in [4.78, 5) is 13.3. The average Bonchev–Trinajstić information content (AvgIpc) is 2.75. The lowest BCUT2D eigenvalue weighted by Crippen LogP contribution is -2.31. The fourth-order valence-electron chi connectivity index (χ4n) is 1.54. The molecule has 0 spiro atoms. The van der Waals surface area contributed by atoms with Crippen molar-refractivity contribution in [2.24, 2.45) is 0 Å². The second kappa shape index (κ2) is 6.85. The van der Waals surface area contributed by atoms with Crippen molar-refractivity contribution in [2.75, 3.05) is 19.8 Å². The van der Waals surface area contributed by atoms with Gasteiger partial charge in [-0.3, -0.25) is 4.79 Å². The van der Waals surface area contributed by atoms with Crippen LogP contribution in [-0.4, -0.2) is 44.2 Å². The van der Waals surface area contributed by atoms with Gasteiger partial charge < -0.3 is 9.42 Å². The van der Waals surface area contributed by atoms with Crippen LogP contribution in [0, 0.1) is 0 Å². The van der Waals surface area contributed by atoms with Crippen LogP contribution in [0.2, 0.25) is 0 Å². The van der Waals surface area contributed by atoms with Crippen LogP contribution in [0.3, 0.4) is 0 Å². The van der Waals surface area contributed by atoms with E-state index in [1.54, 1.807) is 7.05 Å². The van der Waals surface area contributed by atoms with Crippen molar-refractivity contribution in [1.82, 2.24) is 14.8 Å². The van der Waals surface area contributed by atoms with Crippen molar-refractivity contribution in [1.29, 1.82) is 0 Å². The first-order chi connectivity index (χ1) is 9.19. The van der Waals surface area contributed by atoms with Gasteiger partial charge in [0.2, 0.25) is 15.9 Å². The number of carbonyl (C=O) groups excluding carboxylic acids is 1. The lowest BCUT2D eigenvalue weighted by Gasteiger charge is -2.15. The Bertz CT molecular complexity index is 551. The molecule has 1 heterocycles. The molecular formula is C12H21N3O4S. The van der Waals surface area contributed by atoms with E-state index < -0.39 is 10.0 Å². The first-order valence-electron chi connectivity index (χ1n) is 6.33. The molecule has 0 aromatic carbocycles. The van der Waals surface area contributed by atoms with Crippen LogP contribution in [0.15, 0.2) is 10.6 Å². The Morgan fingerprint density at radius 2 is 2.15 bits per heavy atom. The summed E-state index contributed by atoms with van der Waals surface area (Å²) < 4.78 is 29.2. The highest BCUT2D eigenvalue weighted by molar-refractivity contribution is 7.88. The van der Waals surface area contributed by atoms with Crippen molar-refractivity contribution in [3.63, 3.8) is 0 Å². The molecule has 0 atom stereocenters. The molecule has 1 amide bonds. The van der Waals surface area contributed by atoms with E-state index in [-0.39, 0.29) is 24.8 Å². The first-order valence-corrected chi connectivity index (χ1v) is 8.22. The number of hydrogen-bond donors (Lipinski definition) is 1. The Balaban J connectivity index is 2.44. The molecule has 0 bridgehead atoms. The molecule has 1 aromatic heterocycles. The van der Waals surface area contributed by atoms with Gasteiger partial charge in [-0.1, -0.05) is 19.0 Å². The maximum absolute atomic E-state index is 11.8. The van der Waals surface area contributed by atoms with Crippen molar-refractivity contribution >= 4 is 15.9 Å². The minimum Gasteiger partial charge on any atom is -0.361 e. The number of amides is 1. The molecule has 1 N–H and O–H groups in total. The Hall–Kier alpha value is -1.41. The van der Waals surface area contributed by atoms with Gasteiger partial charge in [-0.2, -0.15) is 0 Å². The third kappa shape index (κ3) is 5.70. The second-order valence-electron chi connectivity index (χ2n) is 5.04. The summed E-state index contributed by atoms with van der Waals surface area (Å²) in [5, 5.41) is 3.90. The molecular weight excluding hydrogens is 282 g/mol. The van der Waals surface area contributed by atoms with Crippen LogP contribution < -0.4 is 4.72 Å². The maximum Gasteiger partial charge on any atom is 0.223 e. The zero-order chi connectivity index (χ0) is 15.3. The molecule has 7 nitrogen and oxygen atoms in total. The summed E-state index contributed by atoms with van der Waals surface area (Å²) in [6.45, 7) is 4.43. The van der Waals surface area contributed by atoms with Crippen LogP contribution in [0.5, 0.6) is 0 Å². The zero-order valence-corrected chi connectivity index (χ0v) is 13.0. The van der Waals surface area contributed by atoms with Crippen LogP contribution >= 0.6 is 0 Å². The molecule has 1 rings (SSSR count). The summed E-state index contributed by atoms with van der Waals surface area (Å²) in [5.41, 5.74) is 0.681. The number of nitrogens with one attached hydrogen (secondary N) is 1. The van der Waals surface area contributed by atoms with Crippen molar-refractivity contribution in [3.05, 3.63) is 17.5 Å². The van der Waals surface area contributed by atoms with Crippen molar-refractivity contribution in [3.8, 4) is 0 Å². The number of rotatable bonds is 7. The number of nitrogens with zero attached hydrogens (tertiary/aromatic N) is 2. The number of sulfonamides is 1. The van der Waals surface area contributed by atoms with Gasteiger partial charge in [-0.05, 0) is 0 Å². The third-order valence-electron chi connectivity index (χ3n) is 2.67. The zero-order valence-electron chi connectivity index (χ0n) is 12.2. The summed E-state index contributed by atoms with van der Waals surface area (Å²) in [6.07, 6.45) is 1.17. The SMILES string of the molecule is CC(C)c1cc(CN(C)C(=O)CCNS(C)(=O)=O)no1. The Morgan fingerprint density at radius 1 is 1.50 bits per heavy atom. The molecule has 0 aliphatic carbocycles. The van der Waals surface area contributed by atoms with E-state index in [1.807, 2.05) is 19.9 Å². The lowest BCUT2D eigenvalue weighted by atomic mass is 10.1. The Labute approximate surface area is 119 Å². The highest BCUT2D eigenvalue weighted by atomic mass is 32.2. The highest BCUT2D eigenvalue weighted by Gasteiger charge is 2.14. The summed E-state index contributed by atoms with van der Waals surface area (Å²) >= 11 is 0. The molecule has 0 aliphatic rings. The minimum atomic E-state index is -3.26. The fourth-order valence-corrected chi connectivity index (χ4v) is 2.01. The molecule has 20 heavy (non-hydrogen) atoms. The van der Waals surface area contributed by atoms with Gasteiger partial charge in [0, 0.05) is 32.0 Å². The molecule has 0 unspecified atom stereocenters. The molecule has 0 radical (unpaired) electrons. The van der Waals surface area contributed by atoms with Gasteiger partial charge in [-0.25, -0.2) is 13.1 Å². The van der Waals surface area contributed by atoms with Gasteiger partial charge in [0.25, 0.3) is 0 Å². The van der Waals surface area contributed by atoms with E-state index in [2.05, 4.69) is 9.88 Å². The largest absolute Gasteiger partial charge is 0.361 e. The normalized spacial score (nSPS) is 11.8. The number of aromatic nitrogens is 1. The van der Waals surface area contributed by atoms with Crippen LogP contribution in [-0.2, 0) is 21.4 Å². The standard InChI is InChI=1S/C12H21N3O4S/c1-9(2)11-7-10(14-19-11)8-15(3)12(16)5-6-13-20(4,17)18/h7,9,13H,5-6,8H2,1-4H3. The van der Waals surface area contributed by atoms with Gasteiger partial charge in [-0.15, -0.1) is 0 Å². The molecule has 0 saturated heterocycles. The van der Waals surface area contributed by atoms with E-state index in [9.17, 15) is 13.2 Å². The Kier molecular flexibility index (Phi) is 5.70. The topological polar surface area (TPSA) is 92.5 Å². The van der Waals surface area contributed by atoms with E-state index in [0.717, 1.165) is 12.0 Å². The van der Waals surface area contributed by atoms with Gasteiger partial charge in [0.05, 0.1) is 12.8 Å². The lowest BCUT2D eigenvalue weighted by molar-refractivity contribution is -0.130. The van der Waals surface area contributed by atoms with Gasteiger partial charge in [0.15, 0.2) is 0 Å². The molecule has 0 saturated carbocycles. The monoisotopic (exact) mass is 303 g/mol. The van der Waals surface area contributed by atoms with E-state index in [1.165, 1.54) is 4.90 Å². The molecule has 1 aromatic rings. The predicted molar refractivity (Wildman–Crippen MR) is 74.5 cm³/mol. The average molecular weight is 303 g/mol. The Morgan fingerprint density at radius 3 is 2.65 bits per heavy atom. The quantitative estimate of drug-likeness (QED) is 0.800. The molecule has 114 valence electrons. The number of hydrogen-bond acceptors (Lipinski definition) is 5. The maximum atomic E-state index is 11.8. The van der Waals surface area contributed by atoms with Gasteiger partial charge >= 0.3 is 0 Å². The van der Waals surface area contributed by atoms with E-state index in [4.69, 9.17) is 4.52 Å². The summed E-state index contributed by atoms with van der Waals surface area (Å²) in [5.74, 6) is 0.867. The summed E-state index contributed by atoms with van der Waals surface area (Å²) in [7, 11) is -1.61. The first kappa shape index (κ1) is 16.6. The fraction of sp³-hybridized carbons (Fsp3) is 0.667. The van der Waals surface area contributed by atoms with Crippen molar-refractivity contribution in [2.45, 2.75) is 32.7 Å². The molecule has 0 fully saturated rings. The highest BCUT2D eigenvalue weighted by Crippen LogP contribution is 2.15. The second-order valence-corrected chi connectivity index (χ2v) is 6.87. The van der Waals surface area contributed by atoms with Crippen LogP contribution in [0.1, 0.15) is 37.6 Å². The van der Waals surface area contributed by atoms with Crippen molar-refractivity contribution < 1.29 is 17.7 Å². The molecule has 8 heteroatoms. The molecule has 0 aliphatic heterocycles. The smallest absolute Gasteiger partial charge is 0.223 e. The van der Waals surface area contributed by atoms with Crippen LogP contribution in [0.25, 0.3) is 0 Å². The minimum absolute atomic E-state index is 0.0953. The third-order valence-corrected chi connectivity index (χ3v) is 3.40. The van der Waals surface area contributed by atoms with E-state index in [0.29, 0.717) is 12.2 Å². The van der Waals surface area contributed by atoms with Gasteiger partial charge in [0.1, 0.15) is 11.5 Å².